The molecule has 0 radical (unpaired) electrons. The van der Waals surface area contributed by atoms with Crippen LogP contribution in [0, 0.1) is 0 Å². The summed E-state index contributed by atoms with van der Waals surface area (Å²) < 4.78 is 23.2. The van der Waals surface area contributed by atoms with Crippen LogP contribution in [0.2, 0.25) is 0 Å². The van der Waals surface area contributed by atoms with Gasteiger partial charge < -0.3 is 28.8 Å². The number of likely N-dealkylation sites (N-methyl/N-ethyl adjacent to an activating group) is 1. The number of carbonyl (C=O) groups excluding carboxylic acids is 1. The minimum Gasteiger partial charge on any atom is -0.756 e. The van der Waals surface area contributed by atoms with Crippen LogP contribution < -0.4 is 10.2 Å². The summed E-state index contributed by atoms with van der Waals surface area (Å²) in [6.45, 7) is 4.64. The number of phosphoric ester groups is 1. The number of hydrogen-bond donors (Lipinski definition) is 2. The van der Waals surface area contributed by atoms with Gasteiger partial charge in [-0.2, -0.15) is 0 Å². The first-order chi connectivity index (χ1) is 30.0. The van der Waals surface area contributed by atoms with Crippen molar-refractivity contribution in [3.8, 4) is 0 Å². The van der Waals surface area contributed by atoms with Gasteiger partial charge in [0.25, 0.3) is 7.82 Å². The molecule has 62 heavy (non-hydrogen) atoms. The number of nitrogens with one attached hydrogen (secondary N) is 1. The minimum absolute atomic E-state index is 0.00766. The predicted molar refractivity (Wildman–Crippen MR) is 265 cm³/mol. The van der Waals surface area contributed by atoms with E-state index >= 15 is 0 Å². The van der Waals surface area contributed by atoms with Gasteiger partial charge >= 0.3 is 0 Å². The SMILES string of the molecule is CCCCCCCCCCCCCCCCCC/C=C/CC/C=C/CC/C=C/C(O)C(COP(=O)([O-])OCC[N+](C)(C)C)NC(=O)CCCCCCCCCCCCCCCC. The fourth-order valence-electron chi connectivity index (χ4n) is 7.66. The Labute approximate surface area is 385 Å². The molecule has 3 unspecified atom stereocenters. The van der Waals surface area contributed by atoms with Crippen molar-refractivity contribution in [1.82, 2.24) is 5.32 Å². The summed E-state index contributed by atoms with van der Waals surface area (Å²) in [6.07, 6.45) is 56.5. The second-order valence-electron chi connectivity index (χ2n) is 19.2. The van der Waals surface area contributed by atoms with Crippen molar-refractivity contribution in [3.63, 3.8) is 0 Å². The smallest absolute Gasteiger partial charge is 0.268 e. The third kappa shape index (κ3) is 46.7. The first-order valence-electron chi connectivity index (χ1n) is 26.4. The van der Waals surface area contributed by atoms with Crippen LogP contribution in [-0.2, 0) is 18.4 Å². The molecule has 0 heterocycles. The summed E-state index contributed by atoms with van der Waals surface area (Å²) in [5, 5.41) is 13.8. The molecule has 0 aliphatic rings. The van der Waals surface area contributed by atoms with Gasteiger partial charge in [-0.25, -0.2) is 0 Å². The molecular formula is C53H103N2O6P. The Hall–Kier alpha value is -1.28. The number of amides is 1. The van der Waals surface area contributed by atoms with Gasteiger partial charge in [-0.3, -0.25) is 9.36 Å². The molecule has 8 nitrogen and oxygen atoms in total. The van der Waals surface area contributed by atoms with Crippen LogP contribution in [0.4, 0.5) is 0 Å². The van der Waals surface area contributed by atoms with Crippen molar-refractivity contribution in [2.75, 3.05) is 40.9 Å². The van der Waals surface area contributed by atoms with Crippen LogP contribution in [-0.4, -0.2) is 68.5 Å². The van der Waals surface area contributed by atoms with Gasteiger partial charge in [0.15, 0.2) is 0 Å². The highest BCUT2D eigenvalue weighted by Crippen LogP contribution is 2.38. The zero-order valence-electron chi connectivity index (χ0n) is 41.6. The van der Waals surface area contributed by atoms with Crippen LogP contribution >= 0.6 is 7.82 Å². The summed E-state index contributed by atoms with van der Waals surface area (Å²) in [7, 11) is 1.24. The molecule has 0 aromatic heterocycles. The molecular weight excluding hydrogens is 792 g/mol. The number of quaternary nitrogens is 1. The maximum Gasteiger partial charge on any atom is 0.268 e. The molecule has 9 heteroatoms. The van der Waals surface area contributed by atoms with E-state index < -0.39 is 26.6 Å². The predicted octanol–water partition coefficient (Wildman–Crippen LogP) is 14.8. The summed E-state index contributed by atoms with van der Waals surface area (Å²) >= 11 is 0. The lowest BCUT2D eigenvalue weighted by Crippen LogP contribution is -2.45. The molecule has 0 bridgehead atoms. The summed E-state index contributed by atoms with van der Waals surface area (Å²) in [4.78, 5) is 25.4. The van der Waals surface area contributed by atoms with Gasteiger partial charge in [-0.15, -0.1) is 0 Å². The number of unbranched alkanes of at least 4 members (excludes halogenated alkanes) is 31. The monoisotopic (exact) mass is 895 g/mol. The molecule has 0 saturated heterocycles. The zero-order valence-corrected chi connectivity index (χ0v) is 42.5. The Bertz CT molecular complexity index is 1110. The standard InChI is InChI=1S/C53H103N2O6P/c1-6-8-10-12-14-16-18-20-22-23-24-25-26-27-28-29-30-31-32-33-34-36-38-40-42-44-46-52(56)51(50-61-62(58,59)60-49-48-55(3,4)5)54-53(57)47-45-43-41-39-37-35-21-19-17-15-13-11-9-7-2/h31-32,36,38,44,46,51-52,56H,6-30,33-35,37,39-43,45,47-50H2,1-5H3,(H-,54,57,58,59)/b32-31+,38-36+,46-44+. The molecule has 0 aromatic rings. The zero-order chi connectivity index (χ0) is 45.7. The Balaban J connectivity index is 4.30. The Morgan fingerprint density at radius 3 is 1.31 bits per heavy atom. The molecule has 0 aromatic carbocycles. The van der Waals surface area contributed by atoms with Crippen molar-refractivity contribution >= 4 is 13.7 Å². The molecule has 0 aliphatic carbocycles. The van der Waals surface area contributed by atoms with Crippen molar-refractivity contribution in [1.29, 1.82) is 0 Å². The molecule has 2 N–H and O–H groups in total. The van der Waals surface area contributed by atoms with E-state index in [2.05, 4.69) is 43.5 Å². The van der Waals surface area contributed by atoms with E-state index in [9.17, 15) is 19.4 Å². The molecule has 1 amide bonds. The third-order valence-electron chi connectivity index (χ3n) is 11.8. The molecule has 0 spiro atoms. The van der Waals surface area contributed by atoms with Gasteiger partial charge in [-0.05, 0) is 44.9 Å². The van der Waals surface area contributed by atoms with E-state index in [4.69, 9.17) is 9.05 Å². The largest absolute Gasteiger partial charge is 0.756 e. The van der Waals surface area contributed by atoms with E-state index in [-0.39, 0.29) is 12.5 Å². The number of carbonyl (C=O) groups is 1. The van der Waals surface area contributed by atoms with Crippen LogP contribution in [0.25, 0.3) is 0 Å². The van der Waals surface area contributed by atoms with E-state index in [0.717, 1.165) is 44.9 Å². The number of allylic oxidation sites excluding steroid dienone is 5. The van der Waals surface area contributed by atoms with Crippen molar-refractivity contribution in [3.05, 3.63) is 36.5 Å². The Morgan fingerprint density at radius 2 is 0.903 bits per heavy atom. The number of aliphatic hydroxyl groups excluding tert-OH is 1. The first kappa shape index (κ1) is 60.7. The minimum atomic E-state index is -4.60. The fraction of sp³-hybridized carbons (Fsp3) is 0.868. The fourth-order valence-corrected chi connectivity index (χ4v) is 8.38. The average Bonchev–Trinajstić information content (AvgIpc) is 3.23. The summed E-state index contributed by atoms with van der Waals surface area (Å²) in [5.74, 6) is -0.210. The quantitative estimate of drug-likeness (QED) is 0.0273. The van der Waals surface area contributed by atoms with Gasteiger partial charge in [0.05, 0.1) is 39.9 Å². The maximum atomic E-state index is 12.9. The molecule has 3 atom stereocenters. The van der Waals surface area contributed by atoms with Crippen LogP contribution in [0.3, 0.4) is 0 Å². The van der Waals surface area contributed by atoms with Gasteiger partial charge in [-0.1, -0.05) is 230 Å². The Morgan fingerprint density at radius 1 is 0.548 bits per heavy atom. The lowest BCUT2D eigenvalue weighted by atomic mass is 10.0. The highest BCUT2D eigenvalue weighted by Gasteiger charge is 2.23. The van der Waals surface area contributed by atoms with Gasteiger partial charge in [0.1, 0.15) is 13.2 Å². The lowest BCUT2D eigenvalue weighted by molar-refractivity contribution is -0.870. The Kier molecular flexibility index (Phi) is 44.0. The molecule has 0 saturated carbocycles. The van der Waals surface area contributed by atoms with E-state index in [1.165, 1.54) is 180 Å². The van der Waals surface area contributed by atoms with E-state index in [0.29, 0.717) is 17.4 Å². The van der Waals surface area contributed by atoms with Crippen molar-refractivity contribution < 1.29 is 32.9 Å². The number of nitrogens with zero attached hydrogens (tertiary/aromatic N) is 1. The molecule has 0 rings (SSSR count). The van der Waals surface area contributed by atoms with Crippen LogP contribution in [0.1, 0.15) is 245 Å². The molecule has 366 valence electrons. The van der Waals surface area contributed by atoms with Crippen LogP contribution in [0.5, 0.6) is 0 Å². The third-order valence-corrected chi connectivity index (χ3v) is 12.8. The van der Waals surface area contributed by atoms with E-state index in [1.807, 2.05) is 27.2 Å². The number of phosphoric acid groups is 1. The topological polar surface area (TPSA) is 108 Å². The number of hydrogen-bond acceptors (Lipinski definition) is 6. The number of aliphatic hydroxyl groups is 1. The number of rotatable bonds is 48. The average molecular weight is 895 g/mol. The van der Waals surface area contributed by atoms with E-state index in [1.54, 1.807) is 6.08 Å². The second kappa shape index (κ2) is 44.9. The first-order valence-corrected chi connectivity index (χ1v) is 27.8. The van der Waals surface area contributed by atoms with Gasteiger partial charge in [0, 0.05) is 6.42 Å². The highest BCUT2D eigenvalue weighted by molar-refractivity contribution is 7.45. The maximum absolute atomic E-state index is 12.9. The second-order valence-corrected chi connectivity index (χ2v) is 20.6. The normalized spacial score (nSPS) is 14.4. The van der Waals surface area contributed by atoms with Crippen LogP contribution in [0.15, 0.2) is 36.5 Å². The summed E-state index contributed by atoms with van der Waals surface area (Å²) in [5.41, 5.74) is 0. The molecule has 0 aliphatic heterocycles. The lowest BCUT2D eigenvalue weighted by Gasteiger charge is -2.29. The van der Waals surface area contributed by atoms with Crippen molar-refractivity contribution in [2.24, 2.45) is 0 Å². The van der Waals surface area contributed by atoms with Crippen molar-refractivity contribution in [2.45, 2.75) is 257 Å². The highest BCUT2D eigenvalue weighted by atomic mass is 31.2. The molecule has 0 fully saturated rings. The summed E-state index contributed by atoms with van der Waals surface area (Å²) in [6, 6.07) is -0.906. The van der Waals surface area contributed by atoms with Gasteiger partial charge in [0.2, 0.25) is 5.91 Å².